The first-order chi connectivity index (χ1) is 20.0. The van der Waals surface area contributed by atoms with E-state index in [-0.39, 0.29) is 5.78 Å². The summed E-state index contributed by atoms with van der Waals surface area (Å²) in [6, 6.07) is 18.2. The molecule has 6 nitrogen and oxygen atoms in total. The summed E-state index contributed by atoms with van der Waals surface area (Å²) in [6.07, 6.45) is 4.87. The van der Waals surface area contributed by atoms with Gasteiger partial charge in [0.05, 0.1) is 27.5 Å². The molecule has 3 heterocycles. The van der Waals surface area contributed by atoms with Gasteiger partial charge in [0.1, 0.15) is 11.1 Å². The van der Waals surface area contributed by atoms with Crippen LogP contribution < -0.4 is 0 Å². The summed E-state index contributed by atoms with van der Waals surface area (Å²) < 4.78 is 9.23. The minimum atomic E-state index is -0.724. The number of Topliss-reactive ketones (excluding diaryl/α,β-unsaturated/α-hetero) is 1. The summed E-state index contributed by atoms with van der Waals surface area (Å²) in [5, 5.41) is 6.95. The zero-order valence-electron chi connectivity index (χ0n) is 24.4. The van der Waals surface area contributed by atoms with Gasteiger partial charge >= 0.3 is 0 Å². The van der Waals surface area contributed by atoms with Crippen molar-refractivity contribution in [2.75, 3.05) is 0 Å². The second-order valence-corrected chi connectivity index (χ2v) is 13.0. The van der Waals surface area contributed by atoms with Gasteiger partial charge in [0, 0.05) is 52.1 Å². The molecule has 0 unspecified atom stereocenters. The lowest BCUT2D eigenvalue weighted by atomic mass is 9.90. The Balaban J connectivity index is 1.53. The number of halogens is 1. The third-order valence-corrected chi connectivity index (χ3v) is 8.62. The van der Waals surface area contributed by atoms with Gasteiger partial charge in [0.15, 0.2) is 5.78 Å². The highest BCUT2D eigenvalue weighted by molar-refractivity contribution is 7.22. The maximum Gasteiger partial charge on any atom is 0.163 e. The molecule has 0 saturated heterocycles. The molecule has 0 aliphatic carbocycles. The molecular weight excluding hydrogens is 564 g/mol. The Labute approximate surface area is 254 Å². The maximum atomic E-state index is 13.1. The number of hydrogen-bond acceptors (Lipinski definition) is 6. The molecule has 6 rings (SSSR count). The molecular formula is C34H31ClN4O2S. The predicted molar refractivity (Wildman–Crippen MR) is 172 cm³/mol. The van der Waals surface area contributed by atoms with Gasteiger partial charge in [-0.25, -0.2) is 4.98 Å². The number of thiazole rings is 1. The summed E-state index contributed by atoms with van der Waals surface area (Å²) in [5.41, 5.74) is 8.13. The molecule has 3 aromatic carbocycles. The van der Waals surface area contributed by atoms with Crippen LogP contribution >= 0.6 is 22.9 Å². The predicted octanol–water partition coefficient (Wildman–Crippen LogP) is 8.99. The summed E-state index contributed by atoms with van der Waals surface area (Å²) in [5.74, 6) is -0.0465. The third kappa shape index (κ3) is 5.36. The van der Waals surface area contributed by atoms with Gasteiger partial charge in [-0.3, -0.25) is 14.5 Å². The molecule has 0 radical (unpaired) electrons. The molecule has 0 saturated carbocycles. The summed E-state index contributed by atoms with van der Waals surface area (Å²) in [6.45, 7) is 9.51. The van der Waals surface area contributed by atoms with E-state index in [2.05, 4.69) is 40.4 Å². The smallest absolute Gasteiger partial charge is 0.163 e. The normalized spacial score (nSPS) is 12.7. The van der Waals surface area contributed by atoms with Crippen LogP contribution in [-0.2, 0) is 16.6 Å². The molecule has 0 fully saturated rings. The second kappa shape index (κ2) is 10.7. The van der Waals surface area contributed by atoms with Gasteiger partial charge in [-0.15, -0.1) is 11.3 Å². The Bertz CT molecular complexity index is 1970. The van der Waals surface area contributed by atoms with E-state index < -0.39 is 11.7 Å². The fourth-order valence-corrected chi connectivity index (χ4v) is 6.56. The molecule has 212 valence electrons. The van der Waals surface area contributed by atoms with Gasteiger partial charge in [-0.05, 0) is 87.7 Å². The van der Waals surface area contributed by atoms with E-state index in [1.807, 2.05) is 82.3 Å². The van der Waals surface area contributed by atoms with E-state index in [4.69, 9.17) is 21.3 Å². The average Bonchev–Trinajstić information content (AvgIpc) is 3.54. The molecule has 0 amide bonds. The number of hydrogen-bond donors (Lipinski definition) is 0. The maximum absolute atomic E-state index is 13.1. The number of benzene rings is 3. The van der Waals surface area contributed by atoms with Gasteiger partial charge in [0.25, 0.3) is 0 Å². The highest BCUT2D eigenvalue weighted by atomic mass is 35.5. The first-order valence-electron chi connectivity index (χ1n) is 13.7. The fourth-order valence-electron chi connectivity index (χ4n) is 5.33. The minimum absolute atomic E-state index is 0.0465. The molecule has 3 aromatic heterocycles. The SMILES string of the molecule is CC(=O)[C@@H](OC(C)(C)C)c1c(C)cc2nc(-c3cncc(-c4ccc5c(cnn5C)c4)c3)sc2c1-c1ccc(Cl)cc1. The number of ether oxygens (including phenoxy) is 1. The Hall–Kier alpha value is -3.91. The van der Waals surface area contributed by atoms with Gasteiger partial charge in [0.2, 0.25) is 0 Å². The van der Waals surface area contributed by atoms with Crippen molar-refractivity contribution in [3.05, 3.63) is 89.3 Å². The Morgan fingerprint density at radius 3 is 2.38 bits per heavy atom. The number of carbonyl (C=O) groups is 1. The quantitative estimate of drug-likeness (QED) is 0.192. The lowest BCUT2D eigenvalue weighted by molar-refractivity contribution is -0.138. The van der Waals surface area contributed by atoms with Gasteiger partial charge < -0.3 is 4.74 Å². The third-order valence-electron chi connectivity index (χ3n) is 7.23. The highest BCUT2D eigenvalue weighted by Crippen LogP contribution is 2.44. The van der Waals surface area contributed by atoms with Crippen LogP contribution in [0.15, 0.2) is 73.2 Å². The Kier molecular flexibility index (Phi) is 7.21. The molecule has 0 spiro atoms. The second-order valence-electron chi connectivity index (χ2n) is 11.6. The van der Waals surface area contributed by atoms with Crippen LogP contribution in [-0.4, -0.2) is 31.1 Å². The molecule has 0 N–H and O–H groups in total. The van der Waals surface area contributed by atoms with Crippen molar-refractivity contribution in [3.8, 4) is 32.8 Å². The van der Waals surface area contributed by atoms with Crippen molar-refractivity contribution in [1.82, 2.24) is 19.7 Å². The monoisotopic (exact) mass is 594 g/mol. The van der Waals surface area contributed by atoms with E-state index in [1.54, 1.807) is 18.3 Å². The summed E-state index contributed by atoms with van der Waals surface area (Å²) >= 11 is 7.86. The van der Waals surface area contributed by atoms with Crippen LogP contribution in [0.25, 0.3) is 53.9 Å². The zero-order valence-corrected chi connectivity index (χ0v) is 26.0. The molecule has 0 aliphatic rings. The largest absolute Gasteiger partial charge is 0.360 e. The lowest BCUT2D eigenvalue weighted by Gasteiger charge is -2.29. The summed E-state index contributed by atoms with van der Waals surface area (Å²) in [4.78, 5) is 22.7. The standard InChI is InChI=1S/C34H31ClN4O2S/c1-19-13-27-32(30(21-7-10-26(35)11-8-21)29(19)31(20(2)40)41-34(3,4)5)42-33(38-27)25-15-23(16-36-17-25)22-9-12-28-24(14-22)18-37-39(28)6/h7-18,31H,1-6H3/t31-/m1/s1. The van der Waals surface area contributed by atoms with E-state index in [0.29, 0.717) is 5.02 Å². The van der Waals surface area contributed by atoms with Gasteiger partial charge in [-0.1, -0.05) is 29.8 Å². The number of carbonyl (C=O) groups excluding carboxylic acids is 1. The van der Waals surface area contributed by atoms with Crippen LogP contribution in [0, 0.1) is 6.92 Å². The Morgan fingerprint density at radius 2 is 1.67 bits per heavy atom. The van der Waals surface area contributed by atoms with Crippen LogP contribution in [0.1, 0.15) is 44.9 Å². The average molecular weight is 595 g/mol. The van der Waals surface area contributed by atoms with Crippen LogP contribution in [0.4, 0.5) is 0 Å². The van der Waals surface area contributed by atoms with Crippen LogP contribution in [0.5, 0.6) is 0 Å². The van der Waals surface area contributed by atoms with E-state index >= 15 is 0 Å². The Morgan fingerprint density at radius 1 is 0.952 bits per heavy atom. The molecule has 6 aromatic rings. The lowest BCUT2D eigenvalue weighted by Crippen LogP contribution is -2.27. The minimum Gasteiger partial charge on any atom is -0.360 e. The zero-order chi connectivity index (χ0) is 29.8. The van der Waals surface area contributed by atoms with Crippen molar-refractivity contribution < 1.29 is 9.53 Å². The van der Waals surface area contributed by atoms with Crippen molar-refractivity contribution in [1.29, 1.82) is 0 Å². The number of fused-ring (bicyclic) bond motifs is 2. The molecule has 42 heavy (non-hydrogen) atoms. The molecule has 0 aliphatic heterocycles. The van der Waals surface area contributed by atoms with Crippen molar-refractivity contribution in [3.63, 3.8) is 0 Å². The van der Waals surface area contributed by atoms with Crippen LogP contribution in [0.2, 0.25) is 5.02 Å². The van der Waals surface area contributed by atoms with Crippen molar-refractivity contribution >= 4 is 49.8 Å². The van der Waals surface area contributed by atoms with E-state index in [9.17, 15) is 4.79 Å². The van der Waals surface area contributed by atoms with Gasteiger partial charge in [-0.2, -0.15) is 5.10 Å². The molecule has 0 bridgehead atoms. The first-order valence-corrected chi connectivity index (χ1v) is 14.9. The number of aryl methyl sites for hydroxylation is 2. The topological polar surface area (TPSA) is 69.9 Å². The molecule has 8 heteroatoms. The molecule has 1 atom stereocenters. The van der Waals surface area contributed by atoms with E-state index in [1.165, 1.54) is 0 Å². The number of aromatic nitrogens is 4. The number of ketones is 1. The highest BCUT2D eigenvalue weighted by Gasteiger charge is 2.30. The summed E-state index contributed by atoms with van der Waals surface area (Å²) in [7, 11) is 1.94. The number of nitrogens with zero attached hydrogens (tertiary/aromatic N) is 4. The van der Waals surface area contributed by atoms with E-state index in [0.717, 1.165) is 65.1 Å². The van der Waals surface area contributed by atoms with Crippen molar-refractivity contribution in [2.24, 2.45) is 7.05 Å². The number of pyridine rings is 1. The fraction of sp³-hybridized carbons (Fsp3) is 0.235. The van der Waals surface area contributed by atoms with Crippen LogP contribution in [0.3, 0.4) is 0 Å². The first kappa shape index (κ1) is 28.2. The number of rotatable bonds is 6. The van der Waals surface area contributed by atoms with Crippen molar-refractivity contribution in [2.45, 2.75) is 46.3 Å².